The van der Waals surface area contributed by atoms with Crippen molar-refractivity contribution in [3.63, 3.8) is 0 Å². The van der Waals surface area contributed by atoms with Crippen molar-refractivity contribution in [1.29, 1.82) is 0 Å². The van der Waals surface area contributed by atoms with Crippen LogP contribution >= 0.6 is 11.6 Å². The highest BCUT2D eigenvalue weighted by Gasteiger charge is 2.20. The molecule has 0 atom stereocenters. The minimum atomic E-state index is -0.654. The Bertz CT molecular complexity index is 1510. The van der Waals surface area contributed by atoms with Crippen molar-refractivity contribution in [3.8, 4) is 17.2 Å². The molecule has 2 aromatic carbocycles. The standard InChI is InChI=1S/C23H20ClFN6O4/c1-3-30-22(33)20(28-31(23(30)34)15-7-4-13(2)5-8-15)21-27-19(35-29-21)11-10-18(32)26-14-6-9-17(25)16(24)12-14/h4-9,12H,3,10-11H2,1-2H3,(H,26,32). The average molecular weight is 499 g/mol. The lowest BCUT2D eigenvalue weighted by atomic mass is 10.2. The molecular weight excluding hydrogens is 479 g/mol. The Kier molecular flexibility index (Phi) is 6.87. The van der Waals surface area contributed by atoms with E-state index < -0.39 is 17.1 Å². The fourth-order valence-electron chi connectivity index (χ4n) is 3.26. The van der Waals surface area contributed by atoms with E-state index in [1.807, 2.05) is 19.1 Å². The number of carbonyl (C=O) groups is 1. The number of hydrogen-bond donors (Lipinski definition) is 1. The lowest BCUT2D eigenvalue weighted by molar-refractivity contribution is -0.116. The van der Waals surface area contributed by atoms with E-state index in [1.54, 1.807) is 19.1 Å². The first kappa shape index (κ1) is 24.0. The fraction of sp³-hybridized carbons (Fsp3) is 0.217. The average Bonchev–Trinajstić information content (AvgIpc) is 3.30. The van der Waals surface area contributed by atoms with Gasteiger partial charge in [-0.25, -0.2) is 9.18 Å². The Hall–Kier alpha value is -4.12. The summed E-state index contributed by atoms with van der Waals surface area (Å²) in [6.07, 6.45) is 0.0550. The normalized spacial score (nSPS) is 11.0. The Labute approximate surface area is 203 Å². The summed E-state index contributed by atoms with van der Waals surface area (Å²) in [5.41, 5.74) is 0.416. The molecule has 0 aliphatic heterocycles. The first-order chi connectivity index (χ1) is 16.8. The van der Waals surface area contributed by atoms with Gasteiger partial charge in [0.2, 0.25) is 17.6 Å². The second-order valence-corrected chi connectivity index (χ2v) is 8.02. The van der Waals surface area contributed by atoms with Gasteiger partial charge >= 0.3 is 5.69 Å². The van der Waals surface area contributed by atoms with Gasteiger partial charge in [-0.1, -0.05) is 34.5 Å². The molecule has 0 saturated heterocycles. The highest BCUT2D eigenvalue weighted by atomic mass is 35.5. The van der Waals surface area contributed by atoms with Crippen molar-refractivity contribution in [2.24, 2.45) is 0 Å². The SMILES string of the molecule is CCn1c(=O)c(-c2noc(CCC(=O)Nc3ccc(F)c(Cl)c3)n2)nn(-c2ccc(C)cc2)c1=O. The van der Waals surface area contributed by atoms with E-state index in [9.17, 15) is 18.8 Å². The van der Waals surface area contributed by atoms with Crippen LogP contribution in [0.3, 0.4) is 0 Å². The van der Waals surface area contributed by atoms with Crippen molar-refractivity contribution in [2.45, 2.75) is 33.2 Å². The predicted molar refractivity (Wildman–Crippen MR) is 126 cm³/mol. The van der Waals surface area contributed by atoms with Crippen LogP contribution in [0.4, 0.5) is 10.1 Å². The van der Waals surface area contributed by atoms with E-state index in [1.165, 1.54) is 12.1 Å². The molecule has 0 spiro atoms. The molecule has 0 fully saturated rings. The number of nitrogens with zero attached hydrogens (tertiary/aromatic N) is 5. The molecular formula is C23H20ClFN6O4. The molecule has 1 amide bonds. The van der Waals surface area contributed by atoms with E-state index in [0.29, 0.717) is 11.4 Å². The minimum absolute atomic E-state index is 0.0217. The van der Waals surface area contributed by atoms with Gasteiger partial charge < -0.3 is 9.84 Å². The number of anilines is 1. The Morgan fingerprint density at radius 3 is 2.60 bits per heavy atom. The van der Waals surface area contributed by atoms with Crippen molar-refractivity contribution >= 4 is 23.2 Å². The third kappa shape index (κ3) is 5.19. The molecule has 180 valence electrons. The maximum absolute atomic E-state index is 13.3. The van der Waals surface area contributed by atoms with Crippen LogP contribution in [-0.4, -0.2) is 30.4 Å². The Morgan fingerprint density at radius 1 is 1.17 bits per heavy atom. The van der Waals surface area contributed by atoms with E-state index in [4.69, 9.17) is 16.1 Å². The van der Waals surface area contributed by atoms with Crippen LogP contribution in [0.2, 0.25) is 5.02 Å². The van der Waals surface area contributed by atoms with Gasteiger partial charge in [-0.3, -0.25) is 14.2 Å². The maximum Gasteiger partial charge on any atom is 0.352 e. The summed E-state index contributed by atoms with van der Waals surface area (Å²) < 4.78 is 20.6. The topological polar surface area (TPSA) is 125 Å². The summed E-state index contributed by atoms with van der Waals surface area (Å²) in [6.45, 7) is 3.70. The first-order valence-corrected chi connectivity index (χ1v) is 11.0. The second kappa shape index (κ2) is 10.0. The molecule has 2 aromatic heterocycles. The summed E-state index contributed by atoms with van der Waals surface area (Å²) in [7, 11) is 0. The number of rotatable bonds is 7. The van der Waals surface area contributed by atoms with Crippen LogP contribution in [0, 0.1) is 12.7 Å². The van der Waals surface area contributed by atoms with Crippen LogP contribution in [0.1, 0.15) is 24.8 Å². The number of hydrogen-bond acceptors (Lipinski definition) is 7. The zero-order valence-electron chi connectivity index (χ0n) is 18.8. The number of aromatic nitrogens is 5. The molecule has 0 radical (unpaired) electrons. The number of benzene rings is 2. The summed E-state index contributed by atoms with van der Waals surface area (Å²) in [5, 5.41) is 10.5. The lowest BCUT2D eigenvalue weighted by Crippen LogP contribution is -2.41. The van der Waals surface area contributed by atoms with Crippen LogP contribution in [0.25, 0.3) is 17.2 Å². The first-order valence-electron chi connectivity index (χ1n) is 10.7. The molecule has 35 heavy (non-hydrogen) atoms. The highest BCUT2D eigenvalue weighted by molar-refractivity contribution is 6.31. The van der Waals surface area contributed by atoms with E-state index in [0.717, 1.165) is 20.9 Å². The van der Waals surface area contributed by atoms with Gasteiger partial charge in [-0.05, 0) is 44.2 Å². The number of halogens is 2. The predicted octanol–water partition coefficient (Wildman–Crippen LogP) is 3.14. The van der Waals surface area contributed by atoms with Crippen molar-refractivity contribution in [1.82, 2.24) is 24.5 Å². The van der Waals surface area contributed by atoms with Gasteiger partial charge in [-0.15, -0.1) is 0 Å². The minimum Gasteiger partial charge on any atom is -0.339 e. The van der Waals surface area contributed by atoms with Gasteiger partial charge in [-0.2, -0.15) is 14.8 Å². The van der Waals surface area contributed by atoms with Gasteiger partial charge in [0, 0.05) is 25.1 Å². The van der Waals surface area contributed by atoms with E-state index in [2.05, 4.69) is 20.6 Å². The number of carbonyl (C=O) groups excluding carboxylic acids is 1. The molecule has 0 bridgehead atoms. The quantitative estimate of drug-likeness (QED) is 0.415. The molecule has 0 aliphatic carbocycles. The summed E-state index contributed by atoms with van der Waals surface area (Å²) in [5.74, 6) is -0.970. The van der Waals surface area contributed by atoms with Gasteiger partial charge in [0.1, 0.15) is 5.82 Å². The molecule has 1 N–H and O–H groups in total. The molecule has 4 aromatic rings. The molecule has 2 heterocycles. The van der Waals surface area contributed by atoms with Crippen LogP contribution in [0.5, 0.6) is 0 Å². The summed E-state index contributed by atoms with van der Waals surface area (Å²) in [4.78, 5) is 42.0. The third-order valence-electron chi connectivity index (χ3n) is 5.10. The second-order valence-electron chi connectivity index (χ2n) is 7.62. The van der Waals surface area contributed by atoms with Crippen LogP contribution in [-0.2, 0) is 17.8 Å². The van der Waals surface area contributed by atoms with Gasteiger partial charge in [0.05, 0.1) is 10.7 Å². The molecule has 0 saturated carbocycles. The number of aryl methyl sites for hydroxylation is 2. The smallest absolute Gasteiger partial charge is 0.339 e. The zero-order chi connectivity index (χ0) is 25.1. The van der Waals surface area contributed by atoms with Crippen molar-refractivity contribution in [3.05, 3.63) is 85.6 Å². The monoisotopic (exact) mass is 498 g/mol. The maximum atomic E-state index is 13.3. The molecule has 0 aliphatic rings. The highest BCUT2D eigenvalue weighted by Crippen LogP contribution is 2.19. The summed E-state index contributed by atoms with van der Waals surface area (Å²) >= 11 is 5.72. The molecule has 0 unspecified atom stereocenters. The lowest BCUT2D eigenvalue weighted by Gasteiger charge is -2.09. The van der Waals surface area contributed by atoms with Gasteiger partial charge in [0.15, 0.2) is 5.69 Å². The Balaban J connectivity index is 1.55. The van der Waals surface area contributed by atoms with Crippen molar-refractivity contribution < 1.29 is 13.7 Å². The zero-order valence-corrected chi connectivity index (χ0v) is 19.5. The molecule has 4 rings (SSSR count). The van der Waals surface area contributed by atoms with Crippen LogP contribution < -0.4 is 16.6 Å². The Morgan fingerprint density at radius 2 is 1.91 bits per heavy atom. The largest absolute Gasteiger partial charge is 0.352 e. The summed E-state index contributed by atoms with van der Waals surface area (Å²) in [6, 6.07) is 10.9. The number of amides is 1. The van der Waals surface area contributed by atoms with Crippen LogP contribution in [0.15, 0.2) is 56.6 Å². The fourth-order valence-corrected chi connectivity index (χ4v) is 3.44. The van der Waals surface area contributed by atoms with Gasteiger partial charge in [0.25, 0.3) is 5.56 Å². The third-order valence-corrected chi connectivity index (χ3v) is 5.39. The van der Waals surface area contributed by atoms with E-state index in [-0.39, 0.29) is 47.7 Å². The molecule has 12 heteroatoms. The van der Waals surface area contributed by atoms with E-state index >= 15 is 0 Å². The van der Waals surface area contributed by atoms with Crippen molar-refractivity contribution in [2.75, 3.05) is 5.32 Å². The number of nitrogens with one attached hydrogen (secondary N) is 1. The molecule has 10 nitrogen and oxygen atoms in total.